The molecule has 0 fully saturated rings. The Kier molecular flexibility index (Phi) is 3.52. The quantitative estimate of drug-likeness (QED) is 0.749. The molecule has 2 aliphatic carbocycles. The normalized spacial score (nSPS) is 28.6. The van der Waals surface area contributed by atoms with E-state index in [0.29, 0.717) is 23.7 Å². The summed E-state index contributed by atoms with van der Waals surface area (Å²) in [6.07, 6.45) is 11.7. The van der Waals surface area contributed by atoms with Gasteiger partial charge in [-0.1, -0.05) is 42.5 Å². The Hall–Kier alpha value is -2.81. The molecule has 1 amide bonds. The minimum atomic E-state index is -0.00926. The molecular formula is C25H24N2O. The third-order valence-electron chi connectivity index (χ3n) is 6.99. The number of amides is 1. The number of carbonyl (C=O) groups is 1. The molecule has 0 spiro atoms. The second kappa shape index (κ2) is 6.10. The highest BCUT2D eigenvalue weighted by Crippen LogP contribution is 2.53. The third-order valence-corrected chi connectivity index (χ3v) is 6.99. The van der Waals surface area contributed by atoms with E-state index < -0.39 is 0 Å². The zero-order chi connectivity index (χ0) is 18.7. The van der Waals surface area contributed by atoms with Crippen LogP contribution in [0.4, 0.5) is 11.4 Å². The zero-order valence-corrected chi connectivity index (χ0v) is 15.8. The number of rotatable bonds is 2. The maximum Gasteiger partial charge on any atom is 0.255 e. The standard InChI is InChI=1S/C25H24N2O/c28-25(26-19-8-2-1-3-9-19)18-12-22-20-10-4-6-16(20)14-27-15-17-7-5-11-21(17)23(13-18)24(22)27/h1-5,8-13,16-17,20-21H,6-7,14-15H2,(H,26,28)/t16-,17-,20-,21+/m0/s1. The molecule has 0 unspecified atom stereocenters. The van der Waals surface area contributed by atoms with Gasteiger partial charge in [0, 0.05) is 41.9 Å². The largest absolute Gasteiger partial charge is 0.370 e. The highest BCUT2D eigenvalue weighted by Gasteiger charge is 2.42. The molecular weight excluding hydrogens is 344 g/mol. The van der Waals surface area contributed by atoms with Gasteiger partial charge in [-0.25, -0.2) is 0 Å². The number of nitrogens with zero attached hydrogens (tertiary/aromatic N) is 1. The lowest BCUT2D eigenvalue weighted by molar-refractivity contribution is 0.102. The summed E-state index contributed by atoms with van der Waals surface area (Å²) in [6, 6.07) is 14.1. The first-order chi connectivity index (χ1) is 13.8. The first-order valence-electron chi connectivity index (χ1n) is 10.4. The Morgan fingerprint density at radius 3 is 2.11 bits per heavy atom. The molecule has 0 saturated heterocycles. The maximum absolute atomic E-state index is 13.1. The van der Waals surface area contributed by atoms with Crippen molar-refractivity contribution < 1.29 is 4.79 Å². The molecule has 1 N–H and O–H groups in total. The minimum Gasteiger partial charge on any atom is -0.370 e. The van der Waals surface area contributed by atoms with Crippen LogP contribution in [0.3, 0.4) is 0 Å². The Morgan fingerprint density at radius 2 is 1.50 bits per heavy atom. The van der Waals surface area contributed by atoms with Crippen LogP contribution >= 0.6 is 0 Å². The number of fused-ring (bicyclic) bond motifs is 4. The molecule has 0 radical (unpaired) electrons. The topological polar surface area (TPSA) is 32.3 Å². The monoisotopic (exact) mass is 368 g/mol. The van der Waals surface area contributed by atoms with E-state index in [2.05, 4.69) is 46.7 Å². The first-order valence-corrected chi connectivity index (χ1v) is 10.4. The molecule has 3 heteroatoms. The number of allylic oxidation sites excluding steroid dienone is 4. The number of hydrogen-bond acceptors (Lipinski definition) is 2. The summed E-state index contributed by atoms with van der Waals surface area (Å²) in [5.41, 5.74) is 5.77. The van der Waals surface area contributed by atoms with Gasteiger partial charge in [-0.3, -0.25) is 4.79 Å². The van der Waals surface area contributed by atoms with Crippen LogP contribution in [-0.2, 0) is 0 Å². The SMILES string of the molecule is O=C(Nc1ccccc1)c1cc2c3c(c1)[C@@H]1C=CC[C@H]1CN3C[C@@H]1CC=C[C@H]21. The van der Waals surface area contributed by atoms with E-state index in [-0.39, 0.29) is 5.91 Å². The van der Waals surface area contributed by atoms with Crippen LogP contribution in [0.2, 0.25) is 0 Å². The summed E-state index contributed by atoms with van der Waals surface area (Å²) in [5, 5.41) is 3.08. The van der Waals surface area contributed by atoms with Crippen molar-refractivity contribution in [3.8, 4) is 0 Å². The van der Waals surface area contributed by atoms with E-state index in [9.17, 15) is 4.79 Å². The number of hydrogen-bond donors (Lipinski definition) is 1. The van der Waals surface area contributed by atoms with Crippen LogP contribution in [0.5, 0.6) is 0 Å². The Balaban J connectivity index is 1.47. The van der Waals surface area contributed by atoms with Crippen molar-refractivity contribution in [1.29, 1.82) is 0 Å². The van der Waals surface area contributed by atoms with Crippen LogP contribution in [0.1, 0.15) is 46.2 Å². The molecule has 2 aromatic carbocycles. The van der Waals surface area contributed by atoms with E-state index in [1.807, 2.05) is 30.3 Å². The summed E-state index contributed by atoms with van der Waals surface area (Å²) in [4.78, 5) is 15.7. The maximum atomic E-state index is 13.1. The molecule has 4 aliphatic rings. The van der Waals surface area contributed by atoms with Crippen molar-refractivity contribution in [2.24, 2.45) is 11.8 Å². The predicted octanol–water partition coefficient (Wildman–Crippen LogP) is 5.09. The van der Waals surface area contributed by atoms with Gasteiger partial charge in [0.2, 0.25) is 0 Å². The minimum absolute atomic E-state index is 0.00926. The number of para-hydroxylation sites is 1. The van der Waals surface area contributed by atoms with E-state index in [1.54, 1.807) is 0 Å². The van der Waals surface area contributed by atoms with Crippen molar-refractivity contribution >= 4 is 17.3 Å². The molecule has 4 atom stereocenters. The van der Waals surface area contributed by atoms with Crippen molar-refractivity contribution in [3.63, 3.8) is 0 Å². The molecule has 2 aliphatic heterocycles. The third kappa shape index (κ3) is 2.39. The van der Waals surface area contributed by atoms with E-state index in [1.165, 1.54) is 16.8 Å². The Morgan fingerprint density at radius 1 is 0.893 bits per heavy atom. The Labute approximate surface area is 165 Å². The van der Waals surface area contributed by atoms with E-state index in [0.717, 1.165) is 37.2 Å². The zero-order valence-electron chi connectivity index (χ0n) is 15.8. The first kappa shape index (κ1) is 16.2. The molecule has 0 bridgehead atoms. The fourth-order valence-electron chi connectivity index (χ4n) is 5.73. The van der Waals surface area contributed by atoms with Crippen LogP contribution in [0.25, 0.3) is 0 Å². The molecule has 28 heavy (non-hydrogen) atoms. The molecule has 0 aromatic heterocycles. The number of benzene rings is 2. The van der Waals surface area contributed by atoms with Crippen LogP contribution in [-0.4, -0.2) is 19.0 Å². The van der Waals surface area contributed by atoms with Crippen LogP contribution in [0, 0.1) is 11.8 Å². The van der Waals surface area contributed by atoms with Gasteiger partial charge >= 0.3 is 0 Å². The highest BCUT2D eigenvalue weighted by atomic mass is 16.1. The number of carbonyl (C=O) groups excluding carboxylic acids is 1. The fraction of sp³-hybridized carbons (Fsp3) is 0.320. The lowest BCUT2D eigenvalue weighted by Gasteiger charge is -2.46. The summed E-state index contributed by atoms with van der Waals surface area (Å²) < 4.78 is 0. The van der Waals surface area contributed by atoms with Crippen molar-refractivity contribution in [2.75, 3.05) is 23.3 Å². The molecule has 2 heterocycles. The van der Waals surface area contributed by atoms with Crippen LogP contribution in [0.15, 0.2) is 66.8 Å². The lowest BCUT2D eigenvalue weighted by atomic mass is 9.74. The van der Waals surface area contributed by atoms with Gasteiger partial charge in [-0.2, -0.15) is 0 Å². The second-order valence-electron chi connectivity index (χ2n) is 8.63. The summed E-state index contributed by atoms with van der Waals surface area (Å²) in [5.74, 6) is 2.20. The predicted molar refractivity (Wildman–Crippen MR) is 113 cm³/mol. The smallest absolute Gasteiger partial charge is 0.255 e. The van der Waals surface area contributed by atoms with Gasteiger partial charge in [0.15, 0.2) is 0 Å². The van der Waals surface area contributed by atoms with Gasteiger partial charge in [0.25, 0.3) is 5.91 Å². The molecule has 2 aromatic rings. The summed E-state index contributed by atoms with van der Waals surface area (Å²) >= 11 is 0. The van der Waals surface area contributed by atoms with Gasteiger partial charge in [0.05, 0.1) is 0 Å². The average molecular weight is 368 g/mol. The second-order valence-corrected chi connectivity index (χ2v) is 8.63. The Bertz CT molecular complexity index is 955. The number of nitrogens with one attached hydrogen (secondary N) is 1. The lowest BCUT2D eigenvalue weighted by Crippen LogP contribution is -2.43. The van der Waals surface area contributed by atoms with Crippen molar-refractivity contribution in [3.05, 3.63) is 83.5 Å². The summed E-state index contributed by atoms with van der Waals surface area (Å²) in [6.45, 7) is 2.30. The molecule has 3 nitrogen and oxygen atoms in total. The highest BCUT2D eigenvalue weighted by molar-refractivity contribution is 6.05. The average Bonchev–Trinajstić information content (AvgIpc) is 3.38. The van der Waals surface area contributed by atoms with Gasteiger partial charge in [-0.15, -0.1) is 0 Å². The summed E-state index contributed by atoms with van der Waals surface area (Å²) in [7, 11) is 0. The van der Waals surface area contributed by atoms with Gasteiger partial charge in [0.1, 0.15) is 0 Å². The van der Waals surface area contributed by atoms with Crippen molar-refractivity contribution in [2.45, 2.75) is 24.7 Å². The molecule has 140 valence electrons. The number of anilines is 2. The van der Waals surface area contributed by atoms with Gasteiger partial charge in [-0.05, 0) is 60.1 Å². The van der Waals surface area contributed by atoms with E-state index in [4.69, 9.17) is 0 Å². The van der Waals surface area contributed by atoms with Crippen molar-refractivity contribution in [1.82, 2.24) is 0 Å². The molecule has 6 rings (SSSR count). The van der Waals surface area contributed by atoms with E-state index >= 15 is 0 Å². The van der Waals surface area contributed by atoms with Gasteiger partial charge < -0.3 is 10.2 Å². The molecule has 0 saturated carbocycles. The van der Waals surface area contributed by atoms with Crippen LogP contribution < -0.4 is 10.2 Å². The fourth-order valence-corrected chi connectivity index (χ4v) is 5.73.